The van der Waals surface area contributed by atoms with Crippen LogP contribution in [0, 0.1) is 5.92 Å². The van der Waals surface area contributed by atoms with Gasteiger partial charge in [0, 0.05) is 11.5 Å². The zero-order valence-corrected chi connectivity index (χ0v) is 13.5. The molecule has 2 aromatic heterocycles. The number of aliphatic imine (C=N–C) groups is 1. The summed E-state index contributed by atoms with van der Waals surface area (Å²) in [5.41, 5.74) is -0.0157. The normalized spacial score (nSPS) is 22.2. The van der Waals surface area contributed by atoms with Crippen molar-refractivity contribution in [1.82, 2.24) is 19.1 Å². The van der Waals surface area contributed by atoms with Crippen LogP contribution in [0.3, 0.4) is 0 Å². The van der Waals surface area contributed by atoms with E-state index >= 15 is 0 Å². The predicted molar refractivity (Wildman–Crippen MR) is 91.1 cm³/mol. The highest BCUT2D eigenvalue weighted by Gasteiger charge is 2.41. The minimum atomic E-state index is -1.09. The third-order valence-corrected chi connectivity index (χ3v) is 6.56. The topological polar surface area (TPSA) is 89.3 Å². The first-order valence-corrected chi connectivity index (χ1v) is 9.15. The molecule has 0 amide bonds. The molecule has 0 saturated heterocycles. The quantitative estimate of drug-likeness (QED) is 0.712. The molecule has 1 aliphatic heterocycles. The molecule has 1 aliphatic carbocycles. The van der Waals surface area contributed by atoms with Crippen LogP contribution < -0.4 is 0 Å². The molecule has 1 fully saturated rings. The Morgan fingerprint density at radius 1 is 1.25 bits per heavy atom. The molecule has 0 spiro atoms. The highest BCUT2D eigenvalue weighted by molar-refractivity contribution is 8.29. The van der Waals surface area contributed by atoms with Gasteiger partial charge in [-0.25, -0.2) is 9.98 Å². The molecule has 1 saturated carbocycles. The lowest BCUT2D eigenvalue weighted by Crippen LogP contribution is -2.11. The van der Waals surface area contributed by atoms with Crippen LogP contribution in [-0.4, -0.2) is 29.2 Å². The van der Waals surface area contributed by atoms with E-state index in [2.05, 4.69) is 20.1 Å². The van der Waals surface area contributed by atoms with Crippen LogP contribution in [0.4, 0.5) is 5.82 Å². The maximum absolute atomic E-state index is 10.9. The van der Waals surface area contributed by atoms with Gasteiger partial charge in [0.1, 0.15) is 6.33 Å². The summed E-state index contributed by atoms with van der Waals surface area (Å²) < 4.78 is 7.29. The van der Waals surface area contributed by atoms with Crippen molar-refractivity contribution in [2.45, 2.75) is 18.3 Å². The van der Waals surface area contributed by atoms with Gasteiger partial charge >= 0.3 is 0 Å². The van der Waals surface area contributed by atoms with Gasteiger partial charge in [-0.05, 0) is 12.8 Å². The molecule has 8 heteroatoms. The summed E-state index contributed by atoms with van der Waals surface area (Å²) >= 11 is -1.09. The van der Waals surface area contributed by atoms with E-state index in [0.717, 1.165) is 29.3 Å². The number of hydrogen-bond acceptors (Lipinski definition) is 6. The van der Waals surface area contributed by atoms with E-state index in [-0.39, 0.29) is 5.89 Å². The molecule has 1 aromatic carbocycles. The second-order valence-corrected chi connectivity index (χ2v) is 7.95. The Balaban J connectivity index is 1.49. The van der Waals surface area contributed by atoms with E-state index in [1.165, 1.54) is 0 Å². The van der Waals surface area contributed by atoms with Gasteiger partial charge in [-0.1, -0.05) is 46.6 Å². The van der Waals surface area contributed by atoms with E-state index < -0.39 is 16.5 Å². The van der Waals surface area contributed by atoms with Crippen LogP contribution >= 0.6 is 11.1 Å². The molecular formula is C16H15N5O2S. The van der Waals surface area contributed by atoms with Gasteiger partial charge < -0.3 is 9.63 Å². The third-order valence-electron chi connectivity index (χ3n) is 4.17. The van der Waals surface area contributed by atoms with E-state index in [1.807, 2.05) is 34.3 Å². The summed E-state index contributed by atoms with van der Waals surface area (Å²) in [5.74, 6) is 1.97. The number of aliphatic hydroxyl groups excluding tert-OH is 1. The SMILES string of the molecule is OC(c1nc(-c2ccccc2)no1)[SH]1C(C2CC2)=Nc2cncn21. The van der Waals surface area contributed by atoms with Crippen molar-refractivity contribution in [3.63, 3.8) is 0 Å². The molecule has 7 nitrogen and oxygen atoms in total. The number of benzene rings is 1. The zero-order valence-electron chi connectivity index (χ0n) is 12.6. The predicted octanol–water partition coefficient (Wildman–Crippen LogP) is 2.84. The van der Waals surface area contributed by atoms with Gasteiger partial charge in [0.2, 0.25) is 5.82 Å². The fourth-order valence-corrected chi connectivity index (χ4v) is 5.17. The molecule has 0 bridgehead atoms. The Labute approximate surface area is 140 Å². The average Bonchev–Trinajstić information content (AvgIpc) is 3.04. The Morgan fingerprint density at radius 3 is 2.88 bits per heavy atom. The summed E-state index contributed by atoms with van der Waals surface area (Å²) in [5, 5.41) is 16.0. The molecule has 3 heterocycles. The molecule has 2 unspecified atom stereocenters. The minimum Gasteiger partial charge on any atom is -0.373 e. The number of fused-ring (bicyclic) bond motifs is 1. The Kier molecular flexibility index (Phi) is 3.07. The van der Waals surface area contributed by atoms with Crippen LogP contribution in [0.1, 0.15) is 24.2 Å². The van der Waals surface area contributed by atoms with Gasteiger partial charge in [0.05, 0.1) is 11.2 Å². The Morgan fingerprint density at radius 2 is 2.08 bits per heavy atom. The largest absolute Gasteiger partial charge is 0.373 e. The average molecular weight is 341 g/mol. The number of aliphatic hydroxyl groups is 1. The molecule has 24 heavy (non-hydrogen) atoms. The lowest BCUT2D eigenvalue weighted by Gasteiger charge is -2.23. The number of imidazole rings is 1. The van der Waals surface area contributed by atoms with Crippen molar-refractivity contribution >= 4 is 21.9 Å². The maximum Gasteiger partial charge on any atom is 0.266 e. The molecule has 3 aromatic rings. The number of hydrogen-bond donors (Lipinski definition) is 2. The maximum atomic E-state index is 10.9. The van der Waals surface area contributed by atoms with Crippen molar-refractivity contribution in [3.05, 3.63) is 48.7 Å². The second kappa shape index (κ2) is 5.29. The van der Waals surface area contributed by atoms with Crippen molar-refractivity contribution in [2.24, 2.45) is 10.9 Å². The zero-order chi connectivity index (χ0) is 16.1. The second-order valence-electron chi connectivity index (χ2n) is 5.88. The van der Waals surface area contributed by atoms with E-state index in [9.17, 15) is 5.11 Å². The van der Waals surface area contributed by atoms with Crippen molar-refractivity contribution < 1.29 is 9.63 Å². The molecule has 1 N–H and O–H groups in total. The first-order valence-electron chi connectivity index (χ1n) is 7.79. The fraction of sp³-hybridized carbons (Fsp3) is 0.250. The number of thiol groups is 1. The van der Waals surface area contributed by atoms with Gasteiger partial charge in [-0.2, -0.15) is 4.98 Å². The van der Waals surface area contributed by atoms with Gasteiger partial charge in [0.25, 0.3) is 5.89 Å². The summed E-state index contributed by atoms with van der Waals surface area (Å²) in [6, 6.07) is 9.58. The molecule has 5 rings (SSSR count). The number of rotatable bonds is 4. The summed E-state index contributed by atoms with van der Waals surface area (Å²) in [4.78, 5) is 13.2. The highest BCUT2D eigenvalue weighted by Crippen LogP contribution is 2.55. The van der Waals surface area contributed by atoms with Gasteiger partial charge in [0.15, 0.2) is 11.3 Å². The Hall–Kier alpha value is -2.45. The van der Waals surface area contributed by atoms with Gasteiger partial charge in [-0.15, -0.1) is 0 Å². The first kappa shape index (κ1) is 13.9. The van der Waals surface area contributed by atoms with E-state index in [4.69, 9.17) is 4.52 Å². The van der Waals surface area contributed by atoms with Crippen LogP contribution in [0.15, 0.2) is 52.4 Å². The van der Waals surface area contributed by atoms with Crippen molar-refractivity contribution in [2.75, 3.05) is 0 Å². The summed E-state index contributed by atoms with van der Waals surface area (Å²) in [6.45, 7) is 0. The van der Waals surface area contributed by atoms with E-state index in [0.29, 0.717) is 11.7 Å². The third kappa shape index (κ3) is 2.18. The van der Waals surface area contributed by atoms with E-state index in [1.54, 1.807) is 12.5 Å². The molecule has 122 valence electrons. The van der Waals surface area contributed by atoms with Crippen LogP contribution in [0.2, 0.25) is 0 Å². The first-order chi connectivity index (χ1) is 11.8. The number of aromatic nitrogens is 4. The lowest BCUT2D eigenvalue weighted by atomic mass is 10.2. The molecule has 2 atom stereocenters. The highest BCUT2D eigenvalue weighted by atomic mass is 32.2. The lowest BCUT2D eigenvalue weighted by molar-refractivity contribution is 0.211. The number of nitrogens with zero attached hydrogens (tertiary/aromatic N) is 5. The van der Waals surface area contributed by atoms with Crippen LogP contribution in [-0.2, 0) is 0 Å². The Bertz CT molecular complexity index is 915. The monoisotopic (exact) mass is 341 g/mol. The standard InChI is InChI=1S/C16H15N5O2S/c22-16(14-19-13(20-23-14)10-4-2-1-3-5-10)24-15(11-6-7-11)18-12-8-17-9-21(12)24/h1-5,8-9,11,16,22,24H,6-7H2. The van der Waals surface area contributed by atoms with Crippen molar-refractivity contribution in [1.29, 1.82) is 0 Å². The smallest absolute Gasteiger partial charge is 0.266 e. The minimum absolute atomic E-state index is 0.231. The molecule has 2 aliphatic rings. The molecular weight excluding hydrogens is 326 g/mol. The summed E-state index contributed by atoms with van der Waals surface area (Å²) in [6.07, 6.45) is 5.70. The van der Waals surface area contributed by atoms with Gasteiger partial charge in [-0.3, -0.25) is 3.97 Å². The fourth-order valence-electron chi connectivity index (χ4n) is 2.82. The molecule has 0 radical (unpaired) electrons. The van der Waals surface area contributed by atoms with Crippen molar-refractivity contribution in [3.8, 4) is 11.4 Å². The van der Waals surface area contributed by atoms with Crippen LogP contribution in [0.5, 0.6) is 0 Å². The summed E-state index contributed by atoms with van der Waals surface area (Å²) in [7, 11) is 0. The van der Waals surface area contributed by atoms with Crippen LogP contribution in [0.25, 0.3) is 11.4 Å².